The van der Waals surface area contributed by atoms with Crippen LogP contribution in [-0.4, -0.2) is 11.4 Å². The summed E-state index contributed by atoms with van der Waals surface area (Å²) in [6, 6.07) is 37.7. The van der Waals surface area contributed by atoms with Gasteiger partial charge >= 0.3 is 0 Å². The van der Waals surface area contributed by atoms with Crippen LogP contribution in [0.3, 0.4) is 0 Å². The van der Waals surface area contributed by atoms with Crippen molar-refractivity contribution in [2.45, 2.75) is 13.8 Å². The smallest absolute Gasteiger partial charge is 0.0671 e. The lowest BCUT2D eigenvalue weighted by Crippen LogP contribution is -1.97. The summed E-state index contributed by atoms with van der Waals surface area (Å²) in [4.78, 5) is 0. The third-order valence-electron chi connectivity index (χ3n) is 5.17. The molecule has 0 N–H and O–H groups in total. The van der Waals surface area contributed by atoms with E-state index >= 15 is 0 Å². The Morgan fingerprint density at radius 1 is 0.400 bits per heavy atom. The standard InChI is InChI=1S/C28H24N2/c1-21(23-13-17-27(18-14-23)25-9-5-3-6-10-25)29-30-22(2)24-15-19-28(20-16-24)26-11-7-4-8-12-26/h3-20H,1-2H3/b29-21-,30-22+. The monoisotopic (exact) mass is 388 g/mol. The summed E-state index contributed by atoms with van der Waals surface area (Å²) in [6.45, 7) is 3.99. The van der Waals surface area contributed by atoms with Gasteiger partial charge in [-0.1, -0.05) is 109 Å². The van der Waals surface area contributed by atoms with E-state index in [-0.39, 0.29) is 0 Å². The summed E-state index contributed by atoms with van der Waals surface area (Å²) in [5, 5.41) is 8.92. The van der Waals surface area contributed by atoms with Crippen LogP contribution < -0.4 is 0 Å². The van der Waals surface area contributed by atoms with Crippen LogP contribution in [0.15, 0.2) is 119 Å². The topological polar surface area (TPSA) is 24.7 Å². The third kappa shape index (κ3) is 4.61. The van der Waals surface area contributed by atoms with Gasteiger partial charge in [0.05, 0.1) is 11.4 Å². The van der Waals surface area contributed by atoms with E-state index in [1.54, 1.807) is 0 Å². The molecule has 0 aliphatic rings. The first-order chi connectivity index (χ1) is 14.7. The van der Waals surface area contributed by atoms with E-state index in [0.29, 0.717) is 0 Å². The van der Waals surface area contributed by atoms with Crippen LogP contribution >= 0.6 is 0 Å². The van der Waals surface area contributed by atoms with Gasteiger partial charge in [-0.25, -0.2) is 0 Å². The van der Waals surface area contributed by atoms with Crippen LogP contribution in [0, 0.1) is 0 Å². The molecule has 0 bridgehead atoms. The SMILES string of the molecule is C/C(=N/N=C(\C)c1ccc(-c2ccccc2)cc1)c1ccc(-c2ccccc2)cc1. The number of hydrogen-bond acceptors (Lipinski definition) is 2. The van der Waals surface area contributed by atoms with Gasteiger partial charge in [-0.2, -0.15) is 10.2 Å². The molecule has 2 heteroatoms. The van der Waals surface area contributed by atoms with Crippen LogP contribution in [0.1, 0.15) is 25.0 Å². The maximum Gasteiger partial charge on any atom is 0.0671 e. The summed E-state index contributed by atoms with van der Waals surface area (Å²) in [5.41, 5.74) is 8.77. The molecule has 2 nitrogen and oxygen atoms in total. The molecule has 0 heterocycles. The van der Waals surface area contributed by atoms with Crippen LogP contribution in [0.4, 0.5) is 0 Å². The highest BCUT2D eigenvalue weighted by Crippen LogP contribution is 2.21. The fourth-order valence-corrected chi connectivity index (χ4v) is 3.33. The summed E-state index contributed by atoms with van der Waals surface area (Å²) in [6.07, 6.45) is 0. The second-order valence-electron chi connectivity index (χ2n) is 7.26. The van der Waals surface area contributed by atoms with E-state index in [1.165, 1.54) is 22.3 Å². The molecule has 0 amide bonds. The fourth-order valence-electron chi connectivity index (χ4n) is 3.33. The fraction of sp³-hybridized carbons (Fsp3) is 0.0714. The van der Waals surface area contributed by atoms with Gasteiger partial charge < -0.3 is 0 Å². The highest BCUT2D eigenvalue weighted by molar-refractivity contribution is 6.02. The van der Waals surface area contributed by atoms with Crippen molar-refractivity contribution in [2.75, 3.05) is 0 Å². The Morgan fingerprint density at radius 2 is 0.700 bits per heavy atom. The largest absolute Gasteiger partial charge is 0.155 e. The average molecular weight is 389 g/mol. The van der Waals surface area contributed by atoms with Crippen molar-refractivity contribution >= 4 is 11.4 Å². The third-order valence-corrected chi connectivity index (χ3v) is 5.17. The van der Waals surface area contributed by atoms with Crippen molar-refractivity contribution < 1.29 is 0 Å². The molecule has 0 fully saturated rings. The number of benzene rings is 4. The Bertz CT molecular complexity index is 1060. The molecule has 0 unspecified atom stereocenters. The maximum absolute atomic E-state index is 4.46. The van der Waals surface area contributed by atoms with E-state index in [2.05, 4.69) is 107 Å². The first-order valence-electron chi connectivity index (χ1n) is 10.1. The Kier molecular flexibility index (Phi) is 5.95. The molecule has 0 atom stereocenters. The van der Waals surface area contributed by atoms with E-state index in [0.717, 1.165) is 22.6 Å². The van der Waals surface area contributed by atoms with Gasteiger partial charge in [0.15, 0.2) is 0 Å². The molecule has 0 spiro atoms. The molecular weight excluding hydrogens is 364 g/mol. The van der Waals surface area contributed by atoms with Crippen LogP contribution in [0.25, 0.3) is 22.3 Å². The Balaban J connectivity index is 1.49. The zero-order chi connectivity index (χ0) is 20.8. The van der Waals surface area contributed by atoms with Gasteiger partial charge in [0, 0.05) is 0 Å². The highest BCUT2D eigenvalue weighted by atomic mass is 15.2. The van der Waals surface area contributed by atoms with E-state index < -0.39 is 0 Å². The van der Waals surface area contributed by atoms with Gasteiger partial charge in [-0.3, -0.25) is 0 Å². The summed E-state index contributed by atoms with van der Waals surface area (Å²) in [5.74, 6) is 0. The zero-order valence-electron chi connectivity index (χ0n) is 17.3. The molecule has 0 aliphatic carbocycles. The molecule has 4 rings (SSSR count). The minimum atomic E-state index is 0.898. The van der Waals surface area contributed by atoms with Crippen LogP contribution in [0.5, 0.6) is 0 Å². The highest BCUT2D eigenvalue weighted by Gasteiger charge is 2.02. The minimum Gasteiger partial charge on any atom is -0.155 e. The van der Waals surface area contributed by atoms with Gasteiger partial charge in [-0.05, 0) is 47.2 Å². The van der Waals surface area contributed by atoms with Gasteiger partial charge in [0.1, 0.15) is 0 Å². The van der Waals surface area contributed by atoms with Crippen LogP contribution in [-0.2, 0) is 0 Å². The van der Waals surface area contributed by atoms with Crippen LogP contribution in [0.2, 0.25) is 0 Å². The van der Waals surface area contributed by atoms with Crippen molar-refractivity contribution in [1.82, 2.24) is 0 Å². The summed E-state index contributed by atoms with van der Waals surface area (Å²) >= 11 is 0. The maximum atomic E-state index is 4.46. The number of nitrogens with zero attached hydrogens (tertiary/aromatic N) is 2. The number of hydrogen-bond donors (Lipinski definition) is 0. The van der Waals surface area contributed by atoms with Crippen molar-refractivity contribution in [1.29, 1.82) is 0 Å². The van der Waals surface area contributed by atoms with Crippen molar-refractivity contribution in [2.24, 2.45) is 10.2 Å². The quantitative estimate of drug-likeness (QED) is 0.254. The molecule has 0 saturated carbocycles. The number of rotatable bonds is 5. The lowest BCUT2D eigenvalue weighted by atomic mass is 10.0. The average Bonchev–Trinajstić information content (AvgIpc) is 2.83. The van der Waals surface area contributed by atoms with E-state index in [9.17, 15) is 0 Å². The molecule has 146 valence electrons. The second kappa shape index (κ2) is 9.15. The lowest BCUT2D eigenvalue weighted by Gasteiger charge is -2.05. The Morgan fingerprint density at radius 3 is 1.03 bits per heavy atom. The molecule has 0 aromatic heterocycles. The van der Waals surface area contributed by atoms with Crippen molar-refractivity contribution in [3.8, 4) is 22.3 Å². The minimum absolute atomic E-state index is 0.898. The second-order valence-corrected chi connectivity index (χ2v) is 7.26. The molecule has 0 saturated heterocycles. The predicted molar refractivity (Wildman–Crippen MR) is 128 cm³/mol. The predicted octanol–water partition coefficient (Wildman–Crippen LogP) is 7.25. The van der Waals surface area contributed by atoms with E-state index in [1.807, 2.05) is 26.0 Å². The Hall–Kier alpha value is -3.78. The Labute approximate surface area is 178 Å². The summed E-state index contributed by atoms with van der Waals surface area (Å²) < 4.78 is 0. The zero-order valence-corrected chi connectivity index (χ0v) is 17.3. The molecule has 0 aliphatic heterocycles. The van der Waals surface area contributed by atoms with Gasteiger partial charge in [0.25, 0.3) is 0 Å². The first kappa shape index (κ1) is 19.5. The van der Waals surface area contributed by atoms with Gasteiger partial charge in [-0.15, -0.1) is 0 Å². The lowest BCUT2D eigenvalue weighted by molar-refractivity contribution is 1.22. The van der Waals surface area contributed by atoms with E-state index in [4.69, 9.17) is 0 Å². The molecule has 0 radical (unpaired) electrons. The molecular formula is C28H24N2. The molecule has 4 aromatic carbocycles. The van der Waals surface area contributed by atoms with Gasteiger partial charge in [0.2, 0.25) is 0 Å². The normalized spacial score (nSPS) is 12.1. The molecule has 4 aromatic rings. The molecule has 30 heavy (non-hydrogen) atoms. The van der Waals surface area contributed by atoms with Crippen molar-refractivity contribution in [3.63, 3.8) is 0 Å². The first-order valence-corrected chi connectivity index (χ1v) is 10.1. The summed E-state index contributed by atoms with van der Waals surface area (Å²) in [7, 11) is 0. The van der Waals surface area contributed by atoms with Crippen molar-refractivity contribution in [3.05, 3.63) is 120 Å².